The summed E-state index contributed by atoms with van der Waals surface area (Å²) in [6.45, 7) is 3.32. The monoisotopic (exact) mass is 450 g/mol. The number of hydrogen-bond acceptors (Lipinski definition) is 2. The van der Waals surface area contributed by atoms with Crippen LogP contribution >= 0.6 is 27.5 Å². The van der Waals surface area contributed by atoms with Gasteiger partial charge in [0.05, 0.1) is 16.8 Å². The van der Waals surface area contributed by atoms with Crippen molar-refractivity contribution in [1.29, 1.82) is 0 Å². The van der Waals surface area contributed by atoms with E-state index in [0.29, 0.717) is 0 Å². The Morgan fingerprint density at radius 1 is 1.08 bits per heavy atom. The molecule has 1 aromatic heterocycles. The van der Waals surface area contributed by atoms with E-state index in [1.54, 1.807) is 13.8 Å². The first kappa shape index (κ1) is 19.9. The molecule has 0 saturated carbocycles. The minimum atomic E-state index is -5.05. The maximum atomic E-state index is 13.2. The number of rotatable bonds is 3. The standard InChI is InChI=1S/C14H10BrClF6N2O/c1-6(2)25-10-4-9(7(15)3-8(10)16)24-12(14(20,21)22)5-11(23-24)13(17,18)19/h3-6H,1-2H3. The molecular weight excluding hydrogens is 442 g/mol. The lowest BCUT2D eigenvalue weighted by Crippen LogP contribution is -2.14. The lowest BCUT2D eigenvalue weighted by Gasteiger charge is -2.16. The van der Waals surface area contributed by atoms with Gasteiger partial charge in [0.15, 0.2) is 5.69 Å². The number of ether oxygens (including phenoxy) is 1. The third-order valence-corrected chi connectivity index (χ3v) is 3.81. The summed E-state index contributed by atoms with van der Waals surface area (Å²) in [7, 11) is 0. The first-order valence-corrected chi connectivity index (χ1v) is 7.88. The van der Waals surface area contributed by atoms with Crippen LogP contribution in [0.25, 0.3) is 5.69 Å². The van der Waals surface area contributed by atoms with E-state index in [-0.39, 0.29) is 37.8 Å². The van der Waals surface area contributed by atoms with E-state index in [1.165, 1.54) is 6.07 Å². The van der Waals surface area contributed by atoms with E-state index in [2.05, 4.69) is 21.0 Å². The molecule has 11 heteroatoms. The topological polar surface area (TPSA) is 27.1 Å². The van der Waals surface area contributed by atoms with Crippen LogP contribution in [0.2, 0.25) is 5.02 Å². The van der Waals surface area contributed by atoms with Crippen molar-refractivity contribution in [3.63, 3.8) is 0 Å². The van der Waals surface area contributed by atoms with Gasteiger partial charge in [0.2, 0.25) is 0 Å². The number of benzene rings is 1. The minimum absolute atomic E-state index is 0.0204. The second kappa shape index (κ2) is 6.71. The van der Waals surface area contributed by atoms with Crippen LogP contribution < -0.4 is 4.74 Å². The molecule has 0 amide bonds. The molecule has 138 valence electrons. The van der Waals surface area contributed by atoms with Gasteiger partial charge in [0, 0.05) is 16.6 Å². The van der Waals surface area contributed by atoms with Crippen molar-refractivity contribution in [2.45, 2.75) is 32.3 Å². The summed E-state index contributed by atoms with van der Waals surface area (Å²) in [4.78, 5) is 0. The maximum Gasteiger partial charge on any atom is 0.435 e. The van der Waals surface area contributed by atoms with Crippen LogP contribution in [0.3, 0.4) is 0 Å². The average Bonchev–Trinajstić information content (AvgIpc) is 2.86. The van der Waals surface area contributed by atoms with Crippen molar-refractivity contribution in [2.24, 2.45) is 0 Å². The van der Waals surface area contributed by atoms with Crippen LogP contribution in [-0.2, 0) is 12.4 Å². The van der Waals surface area contributed by atoms with Gasteiger partial charge in [-0.05, 0) is 35.8 Å². The van der Waals surface area contributed by atoms with E-state index >= 15 is 0 Å². The third-order valence-electron chi connectivity index (χ3n) is 2.88. The molecule has 1 heterocycles. The SMILES string of the molecule is CC(C)Oc1cc(-n2nc(C(F)(F)F)cc2C(F)(F)F)c(Br)cc1Cl. The fourth-order valence-corrected chi connectivity index (χ4v) is 2.78. The van der Waals surface area contributed by atoms with Crippen LogP contribution in [0.1, 0.15) is 25.2 Å². The zero-order valence-electron chi connectivity index (χ0n) is 12.6. The lowest BCUT2D eigenvalue weighted by molar-refractivity contribution is -0.143. The fraction of sp³-hybridized carbons (Fsp3) is 0.357. The maximum absolute atomic E-state index is 13.2. The van der Waals surface area contributed by atoms with Crippen molar-refractivity contribution < 1.29 is 31.1 Å². The van der Waals surface area contributed by atoms with Crippen LogP contribution in [0.4, 0.5) is 26.3 Å². The molecule has 0 bridgehead atoms. The van der Waals surface area contributed by atoms with Crippen LogP contribution in [0, 0.1) is 0 Å². The Balaban J connectivity index is 2.70. The second-order valence-electron chi connectivity index (χ2n) is 5.22. The van der Waals surface area contributed by atoms with Gasteiger partial charge in [0.25, 0.3) is 0 Å². The molecule has 0 unspecified atom stereocenters. The molecule has 0 N–H and O–H groups in total. The van der Waals surface area contributed by atoms with Gasteiger partial charge in [-0.15, -0.1) is 0 Å². The van der Waals surface area contributed by atoms with Gasteiger partial charge in [-0.2, -0.15) is 31.4 Å². The first-order valence-electron chi connectivity index (χ1n) is 6.71. The molecular formula is C14H10BrClF6N2O. The summed E-state index contributed by atoms with van der Waals surface area (Å²) >= 11 is 8.95. The first-order chi connectivity index (χ1) is 11.3. The molecule has 1 aromatic carbocycles. The van der Waals surface area contributed by atoms with Crippen molar-refractivity contribution >= 4 is 27.5 Å². The Bertz CT molecular complexity index is 785. The number of aromatic nitrogens is 2. The minimum Gasteiger partial charge on any atom is -0.489 e. The predicted molar refractivity (Wildman–Crippen MR) is 82.0 cm³/mol. The Hall–Kier alpha value is -1.42. The Morgan fingerprint density at radius 2 is 1.68 bits per heavy atom. The highest BCUT2D eigenvalue weighted by molar-refractivity contribution is 9.10. The summed E-state index contributed by atoms with van der Waals surface area (Å²) in [5.74, 6) is 0.0204. The zero-order chi connectivity index (χ0) is 19.2. The summed E-state index contributed by atoms with van der Waals surface area (Å²) in [6, 6.07) is 2.27. The summed E-state index contributed by atoms with van der Waals surface area (Å²) in [5.41, 5.74) is -3.52. The molecule has 0 spiro atoms. The fourth-order valence-electron chi connectivity index (χ4n) is 1.93. The van der Waals surface area contributed by atoms with Crippen molar-refractivity contribution in [3.8, 4) is 11.4 Å². The van der Waals surface area contributed by atoms with Gasteiger partial charge in [-0.3, -0.25) is 0 Å². The van der Waals surface area contributed by atoms with E-state index in [4.69, 9.17) is 16.3 Å². The molecule has 3 nitrogen and oxygen atoms in total. The molecule has 0 fully saturated rings. The molecule has 2 rings (SSSR count). The highest BCUT2D eigenvalue weighted by atomic mass is 79.9. The van der Waals surface area contributed by atoms with Crippen molar-refractivity contribution in [2.75, 3.05) is 0 Å². The van der Waals surface area contributed by atoms with E-state index in [0.717, 1.165) is 6.07 Å². The Labute approximate surface area is 151 Å². The molecule has 0 radical (unpaired) electrons. The van der Waals surface area contributed by atoms with Gasteiger partial charge < -0.3 is 4.74 Å². The average molecular weight is 452 g/mol. The quantitative estimate of drug-likeness (QED) is 0.526. The highest BCUT2D eigenvalue weighted by Gasteiger charge is 2.42. The number of alkyl halides is 6. The predicted octanol–water partition coefficient (Wildman–Crippen LogP) is 6.11. The van der Waals surface area contributed by atoms with Gasteiger partial charge >= 0.3 is 12.4 Å². The lowest BCUT2D eigenvalue weighted by atomic mass is 10.2. The zero-order valence-corrected chi connectivity index (χ0v) is 15.0. The van der Waals surface area contributed by atoms with E-state index in [1.807, 2.05) is 0 Å². The van der Waals surface area contributed by atoms with Crippen molar-refractivity contribution in [1.82, 2.24) is 9.78 Å². The number of halogens is 8. The summed E-state index contributed by atoms with van der Waals surface area (Å²) in [6.07, 6.45) is -10.4. The molecule has 0 saturated heterocycles. The van der Waals surface area contributed by atoms with Crippen LogP contribution in [0.5, 0.6) is 5.75 Å². The van der Waals surface area contributed by atoms with E-state index < -0.39 is 23.7 Å². The molecule has 0 aliphatic heterocycles. The Morgan fingerprint density at radius 3 is 2.16 bits per heavy atom. The largest absolute Gasteiger partial charge is 0.489 e. The summed E-state index contributed by atoms with van der Waals surface area (Å²) < 4.78 is 83.4. The highest BCUT2D eigenvalue weighted by Crippen LogP contribution is 2.40. The second-order valence-corrected chi connectivity index (χ2v) is 6.48. The normalized spacial score (nSPS) is 12.8. The summed E-state index contributed by atoms with van der Waals surface area (Å²) in [5, 5.41) is 3.16. The molecule has 0 aliphatic rings. The van der Waals surface area contributed by atoms with Gasteiger partial charge in [0.1, 0.15) is 11.4 Å². The van der Waals surface area contributed by atoms with Gasteiger partial charge in [-0.25, -0.2) is 4.68 Å². The van der Waals surface area contributed by atoms with Gasteiger partial charge in [-0.1, -0.05) is 11.6 Å². The number of hydrogen-bond donors (Lipinski definition) is 0. The Kier molecular flexibility index (Phi) is 5.34. The number of nitrogens with zero attached hydrogens (tertiary/aromatic N) is 2. The van der Waals surface area contributed by atoms with Crippen LogP contribution in [-0.4, -0.2) is 15.9 Å². The third kappa shape index (κ3) is 4.41. The molecule has 2 aromatic rings. The smallest absolute Gasteiger partial charge is 0.435 e. The molecule has 25 heavy (non-hydrogen) atoms. The molecule has 0 aliphatic carbocycles. The molecule has 0 atom stereocenters. The van der Waals surface area contributed by atoms with Crippen LogP contribution in [0.15, 0.2) is 22.7 Å². The van der Waals surface area contributed by atoms with E-state index in [9.17, 15) is 26.3 Å². The van der Waals surface area contributed by atoms with Crippen molar-refractivity contribution in [3.05, 3.63) is 39.1 Å².